The number of halogens is 3. The van der Waals surface area contributed by atoms with Crippen LogP contribution in [0.3, 0.4) is 0 Å². The van der Waals surface area contributed by atoms with Crippen LogP contribution in [0.1, 0.15) is 17.5 Å². The van der Waals surface area contributed by atoms with E-state index in [2.05, 4.69) is 0 Å². The second-order valence-corrected chi connectivity index (χ2v) is 8.58. The fraction of sp³-hybridized carbons (Fsp3) is 0.316. The molecule has 0 fully saturated rings. The molecule has 0 spiro atoms. The maximum atomic E-state index is 13.0. The molecule has 6 nitrogen and oxygen atoms in total. The third-order valence-corrected chi connectivity index (χ3v) is 5.96. The first-order valence-corrected chi connectivity index (χ1v) is 10.0. The molecule has 0 radical (unpaired) electrons. The molecule has 29 heavy (non-hydrogen) atoms. The number of nitrogens with zero attached hydrogens (tertiary/aromatic N) is 1. The highest BCUT2D eigenvalue weighted by Crippen LogP contribution is 2.23. The summed E-state index contributed by atoms with van der Waals surface area (Å²) < 4.78 is 64.4. The van der Waals surface area contributed by atoms with Gasteiger partial charge in [-0.05, 0) is 36.8 Å². The monoisotopic (exact) mass is 430 g/mol. The summed E-state index contributed by atoms with van der Waals surface area (Å²) >= 11 is 0. The van der Waals surface area contributed by atoms with E-state index in [0.29, 0.717) is 5.56 Å². The van der Waals surface area contributed by atoms with Crippen molar-refractivity contribution in [2.45, 2.75) is 37.0 Å². The fourth-order valence-corrected chi connectivity index (χ4v) is 3.94. The van der Waals surface area contributed by atoms with Crippen molar-refractivity contribution in [2.24, 2.45) is 5.73 Å². The van der Waals surface area contributed by atoms with Crippen molar-refractivity contribution in [2.75, 3.05) is 6.54 Å². The zero-order valence-corrected chi connectivity index (χ0v) is 16.4. The van der Waals surface area contributed by atoms with E-state index >= 15 is 0 Å². The van der Waals surface area contributed by atoms with Crippen LogP contribution in [0, 0.1) is 6.92 Å². The third kappa shape index (κ3) is 6.55. The Hall–Kier alpha value is -2.43. The lowest BCUT2D eigenvalue weighted by atomic mass is 10.1. The summed E-state index contributed by atoms with van der Waals surface area (Å²) in [5, 5.41) is 9.37. The second-order valence-electron chi connectivity index (χ2n) is 6.64. The summed E-state index contributed by atoms with van der Waals surface area (Å²) in [6.45, 7) is 0.680. The van der Waals surface area contributed by atoms with Crippen LogP contribution in [-0.4, -0.2) is 42.4 Å². The smallest absolute Gasteiger partial charge is 0.391 e. The number of sulfonamides is 1. The van der Waals surface area contributed by atoms with Gasteiger partial charge in [0.05, 0.1) is 23.9 Å². The first kappa shape index (κ1) is 22.9. The average molecular weight is 430 g/mol. The minimum atomic E-state index is -4.65. The molecule has 10 heteroatoms. The number of rotatable bonds is 8. The molecule has 0 aliphatic rings. The summed E-state index contributed by atoms with van der Waals surface area (Å²) in [6.07, 6.45) is -6.18. The predicted molar refractivity (Wildman–Crippen MR) is 101 cm³/mol. The summed E-state index contributed by atoms with van der Waals surface area (Å²) in [6, 6.07) is 9.56. The zero-order valence-electron chi connectivity index (χ0n) is 15.6. The van der Waals surface area contributed by atoms with Crippen molar-refractivity contribution >= 4 is 15.8 Å². The standard InChI is InChI=1S/C19H21F3N2O4S/c1-13-2-8-16(9-3-13)29(27,28)24(11-14-4-6-15(25)7-5-14)12-18(26)17(23)10-19(20,21)22/h2-9,17,25H,10-12,23H2,1H3/t17-/m0/s1. The quantitative estimate of drug-likeness (QED) is 0.671. The number of benzene rings is 2. The largest absolute Gasteiger partial charge is 0.508 e. The summed E-state index contributed by atoms with van der Waals surface area (Å²) in [5.74, 6) is -1.08. The number of aryl methyl sites for hydroxylation is 1. The number of nitrogens with two attached hydrogens (primary N) is 1. The van der Waals surface area contributed by atoms with Gasteiger partial charge in [0.25, 0.3) is 0 Å². The molecular weight excluding hydrogens is 409 g/mol. The molecule has 2 rings (SSSR count). The van der Waals surface area contributed by atoms with E-state index in [1.807, 2.05) is 0 Å². The maximum Gasteiger partial charge on any atom is 0.391 e. The summed E-state index contributed by atoms with van der Waals surface area (Å²) in [5.41, 5.74) is 6.60. The fourth-order valence-electron chi connectivity index (χ4n) is 2.54. The van der Waals surface area contributed by atoms with Gasteiger partial charge in [-0.1, -0.05) is 29.8 Å². The van der Waals surface area contributed by atoms with E-state index < -0.39 is 41.0 Å². The van der Waals surface area contributed by atoms with E-state index in [1.165, 1.54) is 36.4 Å². The molecule has 0 aliphatic heterocycles. The summed E-state index contributed by atoms with van der Waals surface area (Å²) in [7, 11) is -4.19. The highest BCUT2D eigenvalue weighted by Gasteiger charge is 2.35. The Morgan fingerprint density at radius 1 is 1.10 bits per heavy atom. The van der Waals surface area contributed by atoms with Crippen molar-refractivity contribution in [3.63, 3.8) is 0 Å². The van der Waals surface area contributed by atoms with E-state index in [4.69, 9.17) is 5.73 Å². The van der Waals surface area contributed by atoms with Crippen LogP contribution in [0.4, 0.5) is 13.2 Å². The molecule has 3 N–H and O–H groups in total. The van der Waals surface area contributed by atoms with Gasteiger partial charge in [0.2, 0.25) is 10.0 Å². The van der Waals surface area contributed by atoms with E-state index in [9.17, 15) is 31.5 Å². The minimum Gasteiger partial charge on any atom is -0.508 e. The molecular formula is C19H21F3N2O4S. The second kappa shape index (κ2) is 8.93. The predicted octanol–water partition coefficient (Wildman–Crippen LogP) is 2.74. The zero-order chi connectivity index (χ0) is 21.8. The van der Waals surface area contributed by atoms with Crippen molar-refractivity contribution < 1.29 is 31.5 Å². The maximum absolute atomic E-state index is 13.0. The van der Waals surface area contributed by atoms with Gasteiger partial charge in [0, 0.05) is 6.54 Å². The molecule has 1 atom stereocenters. The molecule has 0 heterocycles. The molecule has 0 aromatic heterocycles. The molecule has 0 saturated carbocycles. The highest BCUT2D eigenvalue weighted by molar-refractivity contribution is 7.89. The summed E-state index contributed by atoms with van der Waals surface area (Å²) in [4.78, 5) is 12.1. The third-order valence-electron chi connectivity index (χ3n) is 4.15. The molecule has 0 unspecified atom stereocenters. The molecule has 0 bridgehead atoms. The topological polar surface area (TPSA) is 101 Å². The first-order valence-electron chi connectivity index (χ1n) is 8.58. The van der Waals surface area contributed by atoms with Crippen LogP contribution in [-0.2, 0) is 21.4 Å². The van der Waals surface area contributed by atoms with E-state index in [-0.39, 0.29) is 17.2 Å². The van der Waals surface area contributed by atoms with E-state index in [1.54, 1.807) is 19.1 Å². The normalized spacial score (nSPS) is 13.4. The lowest BCUT2D eigenvalue weighted by Crippen LogP contribution is -2.44. The highest BCUT2D eigenvalue weighted by atomic mass is 32.2. The van der Waals surface area contributed by atoms with Gasteiger partial charge in [-0.3, -0.25) is 4.79 Å². The lowest BCUT2D eigenvalue weighted by molar-refractivity contribution is -0.146. The van der Waals surface area contributed by atoms with Gasteiger partial charge in [-0.25, -0.2) is 8.42 Å². The SMILES string of the molecule is Cc1ccc(S(=O)(=O)N(CC(=O)[C@@H](N)CC(F)(F)F)Cc2ccc(O)cc2)cc1. The van der Waals surface area contributed by atoms with Crippen molar-refractivity contribution in [3.05, 3.63) is 59.7 Å². The minimum absolute atomic E-state index is 0.0371. The average Bonchev–Trinajstić information content (AvgIpc) is 2.61. The number of Topliss-reactive ketones (excluding diaryl/α,β-unsaturated/α-hetero) is 1. The van der Waals surface area contributed by atoms with Crippen molar-refractivity contribution in [1.29, 1.82) is 0 Å². The molecule has 0 aliphatic carbocycles. The lowest BCUT2D eigenvalue weighted by Gasteiger charge is -2.23. The number of alkyl halides is 3. The van der Waals surface area contributed by atoms with Crippen LogP contribution in [0.25, 0.3) is 0 Å². The Kier molecular flexibility index (Phi) is 7.04. The van der Waals surface area contributed by atoms with Crippen LogP contribution in [0.5, 0.6) is 5.75 Å². The number of hydrogen-bond donors (Lipinski definition) is 2. The number of hydrogen-bond acceptors (Lipinski definition) is 5. The van der Waals surface area contributed by atoms with Gasteiger partial charge < -0.3 is 10.8 Å². The van der Waals surface area contributed by atoms with Gasteiger partial charge in [0.15, 0.2) is 5.78 Å². The number of aromatic hydroxyl groups is 1. The first-order chi connectivity index (χ1) is 13.4. The molecule has 0 amide bonds. The Bertz CT molecular complexity index is 943. The number of ketones is 1. The molecule has 158 valence electrons. The van der Waals surface area contributed by atoms with Gasteiger partial charge in [-0.15, -0.1) is 0 Å². The molecule has 2 aromatic rings. The van der Waals surface area contributed by atoms with Crippen LogP contribution in [0.15, 0.2) is 53.4 Å². The Labute approximate surface area is 166 Å². The number of phenolic OH excluding ortho intramolecular Hbond substituents is 1. The van der Waals surface area contributed by atoms with Gasteiger partial charge in [0.1, 0.15) is 5.75 Å². The van der Waals surface area contributed by atoms with Crippen molar-refractivity contribution in [3.8, 4) is 5.75 Å². The molecule has 0 saturated heterocycles. The Balaban J connectivity index is 2.33. The van der Waals surface area contributed by atoms with Crippen LogP contribution in [0.2, 0.25) is 0 Å². The number of phenols is 1. The van der Waals surface area contributed by atoms with E-state index in [0.717, 1.165) is 9.87 Å². The van der Waals surface area contributed by atoms with Crippen molar-refractivity contribution in [1.82, 2.24) is 4.31 Å². The number of carbonyl (C=O) groups is 1. The Morgan fingerprint density at radius 2 is 1.66 bits per heavy atom. The van der Waals surface area contributed by atoms with Gasteiger partial charge >= 0.3 is 6.18 Å². The molecule has 2 aromatic carbocycles. The van der Waals surface area contributed by atoms with Crippen LogP contribution >= 0.6 is 0 Å². The van der Waals surface area contributed by atoms with Crippen LogP contribution < -0.4 is 5.73 Å². The number of carbonyl (C=O) groups excluding carboxylic acids is 1. The van der Waals surface area contributed by atoms with Gasteiger partial charge in [-0.2, -0.15) is 17.5 Å². The Morgan fingerprint density at radius 3 is 2.17 bits per heavy atom.